The van der Waals surface area contributed by atoms with Crippen LogP contribution in [-0.2, 0) is 11.3 Å². The first-order chi connectivity index (χ1) is 7.59. The molecule has 0 aliphatic carbocycles. The number of hydrogen-bond donors (Lipinski definition) is 0. The maximum Gasteiger partial charge on any atom is 0.271 e. The van der Waals surface area contributed by atoms with Gasteiger partial charge in [0.05, 0.1) is 11.8 Å². The standard InChI is InChI=1S/C10H11N3O2S/c1-12(2)8(14)5-13-6-11-7-3-4-16-9(7)10(13)15/h3-4,6H,5H2,1-2H3. The first kappa shape index (κ1) is 10.8. The third-order valence-electron chi connectivity index (χ3n) is 2.24. The molecule has 0 aliphatic heterocycles. The molecule has 2 rings (SSSR count). The normalized spacial score (nSPS) is 10.6. The topological polar surface area (TPSA) is 55.2 Å². The van der Waals surface area contributed by atoms with Crippen LogP contribution in [0.25, 0.3) is 10.2 Å². The molecule has 0 radical (unpaired) electrons. The molecule has 1 amide bonds. The predicted octanol–water partition coefficient (Wildman–Crippen LogP) is 0.546. The van der Waals surface area contributed by atoms with Crippen molar-refractivity contribution in [3.8, 4) is 0 Å². The van der Waals surface area contributed by atoms with E-state index in [1.54, 1.807) is 20.2 Å². The molecular weight excluding hydrogens is 226 g/mol. The maximum absolute atomic E-state index is 11.9. The highest BCUT2D eigenvalue weighted by Crippen LogP contribution is 2.12. The summed E-state index contributed by atoms with van der Waals surface area (Å²) in [5.74, 6) is -0.125. The van der Waals surface area contributed by atoms with E-state index in [1.165, 1.54) is 27.1 Å². The predicted molar refractivity (Wildman–Crippen MR) is 62.6 cm³/mol. The molecule has 0 bridgehead atoms. The van der Waals surface area contributed by atoms with Crippen LogP contribution in [0.4, 0.5) is 0 Å². The summed E-state index contributed by atoms with van der Waals surface area (Å²) in [5.41, 5.74) is 0.527. The molecule has 5 nitrogen and oxygen atoms in total. The van der Waals surface area contributed by atoms with Crippen LogP contribution in [0, 0.1) is 0 Å². The van der Waals surface area contributed by atoms with Gasteiger partial charge in [-0.1, -0.05) is 0 Å². The molecule has 0 saturated carbocycles. The summed E-state index contributed by atoms with van der Waals surface area (Å²) in [6.45, 7) is 0.0344. The smallest absolute Gasteiger partial charge is 0.271 e. The number of likely N-dealkylation sites (N-methyl/N-ethyl adjacent to an activating group) is 1. The van der Waals surface area contributed by atoms with Gasteiger partial charge in [0.2, 0.25) is 5.91 Å². The maximum atomic E-state index is 11.9. The van der Waals surface area contributed by atoms with Crippen LogP contribution in [0.5, 0.6) is 0 Å². The minimum atomic E-state index is -0.157. The van der Waals surface area contributed by atoms with Crippen LogP contribution in [0.3, 0.4) is 0 Å². The van der Waals surface area contributed by atoms with Crippen LogP contribution in [-0.4, -0.2) is 34.5 Å². The van der Waals surface area contributed by atoms with Crippen molar-refractivity contribution in [1.82, 2.24) is 14.5 Å². The van der Waals surface area contributed by atoms with Crippen molar-refractivity contribution in [2.45, 2.75) is 6.54 Å². The molecule has 0 unspecified atom stereocenters. The highest BCUT2D eigenvalue weighted by molar-refractivity contribution is 7.17. The van der Waals surface area contributed by atoms with E-state index in [0.29, 0.717) is 10.2 Å². The Morgan fingerprint density at radius 2 is 2.31 bits per heavy atom. The summed E-state index contributed by atoms with van der Waals surface area (Å²) in [4.78, 5) is 29.0. The Bertz CT molecular complexity index is 585. The van der Waals surface area contributed by atoms with E-state index in [0.717, 1.165) is 0 Å². The lowest BCUT2D eigenvalue weighted by Crippen LogP contribution is -2.31. The quantitative estimate of drug-likeness (QED) is 0.766. The van der Waals surface area contributed by atoms with E-state index >= 15 is 0 Å². The van der Waals surface area contributed by atoms with Gasteiger partial charge < -0.3 is 4.90 Å². The molecule has 16 heavy (non-hydrogen) atoms. The Hall–Kier alpha value is -1.69. The lowest BCUT2D eigenvalue weighted by molar-refractivity contribution is -0.129. The van der Waals surface area contributed by atoms with E-state index in [-0.39, 0.29) is 18.0 Å². The Balaban J connectivity index is 2.42. The zero-order valence-electron chi connectivity index (χ0n) is 9.01. The zero-order valence-corrected chi connectivity index (χ0v) is 9.82. The minimum absolute atomic E-state index is 0.0344. The number of rotatable bonds is 2. The van der Waals surface area contributed by atoms with Crippen molar-refractivity contribution in [2.24, 2.45) is 0 Å². The van der Waals surface area contributed by atoms with Crippen LogP contribution in [0.1, 0.15) is 0 Å². The SMILES string of the molecule is CN(C)C(=O)Cn1cnc2ccsc2c1=O. The number of amides is 1. The summed E-state index contributed by atoms with van der Waals surface area (Å²) >= 11 is 1.34. The number of carbonyl (C=O) groups excluding carboxylic acids is 1. The highest BCUT2D eigenvalue weighted by Gasteiger charge is 2.09. The summed E-state index contributed by atoms with van der Waals surface area (Å²) in [7, 11) is 3.31. The van der Waals surface area contributed by atoms with E-state index in [9.17, 15) is 9.59 Å². The average Bonchev–Trinajstić information content (AvgIpc) is 2.70. The lowest BCUT2D eigenvalue weighted by atomic mass is 10.4. The van der Waals surface area contributed by atoms with E-state index in [1.807, 2.05) is 5.38 Å². The van der Waals surface area contributed by atoms with Crippen molar-refractivity contribution in [3.05, 3.63) is 28.1 Å². The number of hydrogen-bond acceptors (Lipinski definition) is 4. The van der Waals surface area contributed by atoms with E-state index in [2.05, 4.69) is 4.98 Å². The Morgan fingerprint density at radius 3 is 3.00 bits per heavy atom. The Labute approximate surface area is 95.9 Å². The van der Waals surface area contributed by atoms with Crippen molar-refractivity contribution in [2.75, 3.05) is 14.1 Å². The fourth-order valence-electron chi connectivity index (χ4n) is 1.28. The molecule has 0 N–H and O–H groups in total. The van der Waals surface area contributed by atoms with Gasteiger partial charge >= 0.3 is 0 Å². The number of carbonyl (C=O) groups is 1. The van der Waals surface area contributed by atoms with Gasteiger partial charge in [-0.3, -0.25) is 14.2 Å². The van der Waals surface area contributed by atoms with Gasteiger partial charge in [-0.25, -0.2) is 4.98 Å². The van der Waals surface area contributed by atoms with Crippen LogP contribution in [0.15, 0.2) is 22.6 Å². The van der Waals surface area contributed by atoms with Crippen molar-refractivity contribution in [3.63, 3.8) is 0 Å². The Morgan fingerprint density at radius 1 is 1.56 bits per heavy atom. The molecule has 0 aliphatic rings. The van der Waals surface area contributed by atoms with Gasteiger partial charge in [-0.05, 0) is 11.4 Å². The summed E-state index contributed by atoms with van der Waals surface area (Å²) in [6, 6.07) is 1.79. The average molecular weight is 237 g/mol. The van der Waals surface area contributed by atoms with E-state index < -0.39 is 0 Å². The van der Waals surface area contributed by atoms with Crippen LogP contribution in [0.2, 0.25) is 0 Å². The molecule has 6 heteroatoms. The number of aromatic nitrogens is 2. The molecule has 2 aromatic rings. The molecule has 0 fully saturated rings. The molecule has 84 valence electrons. The molecule has 2 heterocycles. The van der Waals surface area contributed by atoms with E-state index in [4.69, 9.17) is 0 Å². The number of fused-ring (bicyclic) bond motifs is 1. The molecular formula is C10H11N3O2S. The summed E-state index contributed by atoms with van der Waals surface area (Å²) in [6.07, 6.45) is 1.42. The fraction of sp³-hybridized carbons (Fsp3) is 0.300. The summed E-state index contributed by atoms with van der Waals surface area (Å²) in [5, 5.41) is 1.82. The monoisotopic (exact) mass is 237 g/mol. The Kier molecular flexibility index (Phi) is 2.74. The van der Waals surface area contributed by atoms with Gasteiger partial charge in [-0.2, -0.15) is 0 Å². The second kappa shape index (κ2) is 4.05. The van der Waals surface area contributed by atoms with Crippen LogP contribution < -0.4 is 5.56 Å². The van der Waals surface area contributed by atoms with Crippen LogP contribution >= 0.6 is 11.3 Å². The lowest BCUT2D eigenvalue weighted by Gasteiger charge is -2.10. The molecule has 2 aromatic heterocycles. The third kappa shape index (κ3) is 1.83. The molecule has 0 saturated heterocycles. The fourth-order valence-corrected chi connectivity index (χ4v) is 2.07. The van der Waals surface area contributed by atoms with Gasteiger partial charge in [0.15, 0.2) is 0 Å². The number of nitrogens with zero attached hydrogens (tertiary/aromatic N) is 3. The third-order valence-corrected chi connectivity index (χ3v) is 3.13. The second-order valence-electron chi connectivity index (χ2n) is 3.60. The summed E-state index contributed by atoms with van der Waals surface area (Å²) < 4.78 is 1.93. The molecule has 0 spiro atoms. The number of thiophene rings is 1. The zero-order chi connectivity index (χ0) is 11.7. The van der Waals surface area contributed by atoms with Crippen molar-refractivity contribution < 1.29 is 4.79 Å². The first-order valence-electron chi connectivity index (χ1n) is 4.72. The van der Waals surface area contributed by atoms with Gasteiger partial charge in [0.1, 0.15) is 11.2 Å². The van der Waals surface area contributed by atoms with Crippen molar-refractivity contribution in [1.29, 1.82) is 0 Å². The van der Waals surface area contributed by atoms with Crippen molar-refractivity contribution >= 4 is 27.5 Å². The highest BCUT2D eigenvalue weighted by atomic mass is 32.1. The minimum Gasteiger partial charge on any atom is -0.347 e. The van der Waals surface area contributed by atoms with Gasteiger partial charge in [0, 0.05) is 14.1 Å². The molecule has 0 atom stereocenters. The second-order valence-corrected chi connectivity index (χ2v) is 4.52. The largest absolute Gasteiger partial charge is 0.347 e. The first-order valence-corrected chi connectivity index (χ1v) is 5.60. The van der Waals surface area contributed by atoms with Gasteiger partial charge in [0.25, 0.3) is 5.56 Å². The molecule has 0 aromatic carbocycles. The van der Waals surface area contributed by atoms with Gasteiger partial charge in [-0.15, -0.1) is 11.3 Å².